The molecule has 3 nitrogen and oxygen atoms in total. The average molecular weight is 202 g/mol. The molecular formula is C12H14N2O. The summed E-state index contributed by atoms with van der Waals surface area (Å²) in [4.78, 5) is 3.09. The van der Waals surface area contributed by atoms with Crippen molar-refractivity contribution in [1.29, 1.82) is 0 Å². The molecule has 4 N–H and O–H groups in total. The number of aromatic hydroxyl groups is 1. The van der Waals surface area contributed by atoms with Gasteiger partial charge in [-0.2, -0.15) is 0 Å². The lowest BCUT2D eigenvalue weighted by Gasteiger charge is -2.09. The molecule has 1 unspecified atom stereocenters. The molecule has 0 fully saturated rings. The van der Waals surface area contributed by atoms with Crippen molar-refractivity contribution < 1.29 is 5.11 Å². The Kier molecular flexibility index (Phi) is 2.74. The number of hydrogen-bond donors (Lipinski definition) is 3. The molecule has 1 aromatic carbocycles. The van der Waals surface area contributed by atoms with Gasteiger partial charge in [0.25, 0.3) is 0 Å². The molecule has 1 atom stereocenters. The van der Waals surface area contributed by atoms with Gasteiger partial charge in [0.1, 0.15) is 5.75 Å². The van der Waals surface area contributed by atoms with Crippen molar-refractivity contribution in [2.75, 3.05) is 0 Å². The van der Waals surface area contributed by atoms with Gasteiger partial charge in [-0.05, 0) is 36.2 Å². The first-order valence-electron chi connectivity index (χ1n) is 4.92. The van der Waals surface area contributed by atoms with Gasteiger partial charge in [-0.25, -0.2) is 0 Å². The van der Waals surface area contributed by atoms with Crippen LogP contribution in [0.1, 0.15) is 17.3 Å². The number of phenols is 1. The van der Waals surface area contributed by atoms with Crippen molar-refractivity contribution >= 4 is 0 Å². The minimum Gasteiger partial charge on any atom is -0.508 e. The van der Waals surface area contributed by atoms with Gasteiger partial charge in [-0.15, -0.1) is 0 Å². The summed E-state index contributed by atoms with van der Waals surface area (Å²) in [6.07, 6.45) is 2.63. The molecule has 78 valence electrons. The summed E-state index contributed by atoms with van der Waals surface area (Å²) in [7, 11) is 0. The minimum absolute atomic E-state index is 0.0236. The van der Waals surface area contributed by atoms with Crippen LogP contribution >= 0.6 is 0 Å². The van der Waals surface area contributed by atoms with Gasteiger partial charge < -0.3 is 15.8 Å². The number of phenolic OH excluding ortho intramolecular Hbond substituents is 1. The zero-order chi connectivity index (χ0) is 10.7. The number of benzene rings is 1. The van der Waals surface area contributed by atoms with Crippen LogP contribution in [0.5, 0.6) is 5.75 Å². The Labute approximate surface area is 88.6 Å². The molecular weight excluding hydrogens is 188 g/mol. The predicted octanol–water partition coefficient (Wildman–Crippen LogP) is 1.96. The van der Waals surface area contributed by atoms with E-state index in [2.05, 4.69) is 4.98 Å². The summed E-state index contributed by atoms with van der Waals surface area (Å²) in [6.45, 7) is 0. The third-order valence-electron chi connectivity index (χ3n) is 2.41. The van der Waals surface area contributed by atoms with Crippen LogP contribution in [0.25, 0.3) is 0 Å². The van der Waals surface area contributed by atoms with E-state index in [1.807, 2.05) is 30.5 Å². The van der Waals surface area contributed by atoms with Gasteiger partial charge in [0.05, 0.1) is 0 Å². The summed E-state index contributed by atoms with van der Waals surface area (Å²) in [5.74, 6) is 0.284. The Morgan fingerprint density at radius 1 is 1.20 bits per heavy atom. The van der Waals surface area contributed by atoms with Gasteiger partial charge in [0.15, 0.2) is 0 Å². The monoisotopic (exact) mass is 202 g/mol. The van der Waals surface area contributed by atoms with E-state index in [-0.39, 0.29) is 11.8 Å². The molecule has 0 spiro atoms. The second kappa shape index (κ2) is 4.19. The van der Waals surface area contributed by atoms with E-state index in [0.29, 0.717) is 0 Å². The van der Waals surface area contributed by atoms with Crippen molar-refractivity contribution in [3.8, 4) is 5.75 Å². The van der Waals surface area contributed by atoms with Crippen LogP contribution in [0, 0.1) is 0 Å². The topological polar surface area (TPSA) is 62.0 Å². The first-order valence-corrected chi connectivity index (χ1v) is 4.92. The highest BCUT2D eigenvalue weighted by molar-refractivity contribution is 5.27. The minimum atomic E-state index is -0.0236. The number of aromatic amines is 1. The van der Waals surface area contributed by atoms with E-state index in [1.54, 1.807) is 12.1 Å². The molecule has 0 saturated carbocycles. The van der Waals surface area contributed by atoms with Crippen molar-refractivity contribution in [2.45, 2.75) is 12.5 Å². The average Bonchev–Trinajstić information content (AvgIpc) is 2.74. The van der Waals surface area contributed by atoms with Crippen LogP contribution in [0.2, 0.25) is 0 Å². The Morgan fingerprint density at radius 3 is 2.53 bits per heavy atom. The highest BCUT2D eigenvalue weighted by Crippen LogP contribution is 2.16. The Balaban J connectivity index is 2.06. The lowest BCUT2D eigenvalue weighted by Crippen LogP contribution is -2.13. The molecule has 1 heterocycles. The van der Waals surface area contributed by atoms with E-state index < -0.39 is 0 Å². The lowest BCUT2D eigenvalue weighted by atomic mass is 10.0. The van der Waals surface area contributed by atoms with Crippen molar-refractivity contribution in [1.82, 2.24) is 4.98 Å². The van der Waals surface area contributed by atoms with Crippen LogP contribution < -0.4 is 5.73 Å². The van der Waals surface area contributed by atoms with E-state index in [9.17, 15) is 0 Å². The lowest BCUT2D eigenvalue weighted by molar-refractivity contribution is 0.475. The maximum Gasteiger partial charge on any atom is 0.115 e. The van der Waals surface area contributed by atoms with Crippen LogP contribution in [-0.2, 0) is 6.42 Å². The number of nitrogens with two attached hydrogens (primary N) is 1. The normalized spacial score (nSPS) is 12.6. The highest BCUT2D eigenvalue weighted by atomic mass is 16.3. The molecule has 2 rings (SSSR count). The second-order valence-corrected chi connectivity index (χ2v) is 3.60. The summed E-state index contributed by atoms with van der Waals surface area (Å²) >= 11 is 0. The fourth-order valence-electron chi connectivity index (χ4n) is 1.57. The van der Waals surface area contributed by atoms with Gasteiger partial charge in [-0.3, -0.25) is 0 Å². The summed E-state index contributed by atoms with van der Waals surface area (Å²) < 4.78 is 0. The number of hydrogen-bond acceptors (Lipinski definition) is 2. The van der Waals surface area contributed by atoms with Gasteiger partial charge in [0, 0.05) is 17.9 Å². The van der Waals surface area contributed by atoms with E-state index in [0.717, 1.165) is 17.7 Å². The molecule has 0 aliphatic carbocycles. The van der Waals surface area contributed by atoms with Crippen LogP contribution in [0.15, 0.2) is 42.6 Å². The second-order valence-electron chi connectivity index (χ2n) is 3.60. The fraction of sp³-hybridized carbons (Fsp3) is 0.167. The van der Waals surface area contributed by atoms with E-state index in [4.69, 9.17) is 10.8 Å². The Morgan fingerprint density at radius 2 is 1.93 bits per heavy atom. The SMILES string of the molecule is NC(Cc1ccc(O)cc1)c1ccc[nH]1. The van der Waals surface area contributed by atoms with E-state index in [1.165, 1.54) is 0 Å². The molecule has 0 radical (unpaired) electrons. The summed E-state index contributed by atoms with van der Waals surface area (Å²) in [5, 5.41) is 9.14. The third kappa shape index (κ3) is 2.39. The highest BCUT2D eigenvalue weighted by Gasteiger charge is 2.07. The van der Waals surface area contributed by atoms with Crippen LogP contribution in [0.3, 0.4) is 0 Å². The first-order chi connectivity index (χ1) is 7.25. The van der Waals surface area contributed by atoms with Gasteiger partial charge >= 0.3 is 0 Å². The first kappa shape index (κ1) is 9.80. The van der Waals surface area contributed by atoms with Gasteiger partial charge in [-0.1, -0.05) is 12.1 Å². The zero-order valence-corrected chi connectivity index (χ0v) is 8.35. The standard InChI is InChI=1S/C12H14N2O/c13-11(12-2-1-7-14-12)8-9-3-5-10(15)6-4-9/h1-7,11,14-15H,8,13H2. The maximum absolute atomic E-state index is 9.14. The predicted molar refractivity (Wildman–Crippen MR) is 59.5 cm³/mol. The maximum atomic E-state index is 9.14. The molecule has 0 bridgehead atoms. The van der Waals surface area contributed by atoms with Crippen LogP contribution in [0.4, 0.5) is 0 Å². The van der Waals surface area contributed by atoms with Gasteiger partial charge in [0.2, 0.25) is 0 Å². The third-order valence-corrected chi connectivity index (χ3v) is 2.41. The van der Waals surface area contributed by atoms with Crippen molar-refractivity contribution in [3.63, 3.8) is 0 Å². The molecule has 1 aromatic heterocycles. The molecule has 3 heteroatoms. The number of aromatic nitrogens is 1. The molecule has 0 aliphatic heterocycles. The molecule has 0 amide bonds. The molecule has 2 aromatic rings. The number of rotatable bonds is 3. The number of nitrogens with one attached hydrogen (secondary N) is 1. The molecule has 0 saturated heterocycles. The smallest absolute Gasteiger partial charge is 0.115 e. The Hall–Kier alpha value is -1.74. The van der Waals surface area contributed by atoms with Crippen LogP contribution in [-0.4, -0.2) is 10.1 Å². The quantitative estimate of drug-likeness (QED) is 0.712. The zero-order valence-electron chi connectivity index (χ0n) is 8.35. The van der Waals surface area contributed by atoms with Crippen molar-refractivity contribution in [2.24, 2.45) is 5.73 Å². The summed E-state index contributed by atoms with van der Waals surface area (Å²) in [6, 6.07) is 11.0. The number of H-pyrrole nitrogens is 1. The summed E-state index contributed by atoms with van der Waals surface area (Å²) in [5.41, 5.74) is 8.17. The molecule has 15 heavy (non-hydrogen) atoms. The van der Waals surface area contributed by atoms with Crippen molar-refractivity contribution in [3.05, 3.63) is 53.9 Å². The Bertz CT molecular complexity index is 406. The van der Waals surface area contributed by atoms with E-state index >= 15 is 0 Å². The largest absolute Gasteiger partial charge is 0.508 e. The molecule has 0 aliphatic rings. The fourth-order valence-corrected chi connectivity index (χ4v) is 1.57.